The highest BCUT2D eigenvalue weighted by molar-refractivity contribution is 5.89. The molecule has 6 heteroatoms. The summed E-state index contributed by atoms with van der Waals surface area (Å²) < 4.78 is 0. The van der Waals surface area contributed by atoms with Gasteiger partial charge in [0.2, 0.25) is 17.7 Å². The Kier molecular flexibility index (Phi) is 3.07. The molecule has 2 rings (SSSR count). The van der Waals surface area contributed by atoms with E-state index in [-0.39, 0.29) is 30.8 Å². The molecule has 2 heterocycles. The first kappa shape index (κ1) is 10.9. The van der Waals surface area contributed by atoms with Gasteiger partial charge in [0.25, 0.3) is 0 Å². The van der Waals surface area contributed by atoms with Crippen molar-refractivity contribution in [1.82, 2.24) is 15.1 Å². The molecule has 2 saturated heterocycles. The summed E-state index contributed by atoms with van der Waals surface area (Å²) in [6.07, 6.45) is 1.36. The smallest absolute Gasteiger partial charge is 0.242 e. The molecule has 0 aliphatic carbocycles. The number of carbonyl (C=O) groups excluding carboxylic acids is 3. The highest BCUT2D eigenvalue weighted by Gasteiger charge is 2.26. The standard InChI is InChI=1S/C10H15N3O3/c14-8-6-13(5-3-11-8)10(16)7-12-4-1-2-9(12)15/h1-7H2,(H,11,14). The van der Waals surface area contributed by atoms with Crippen LogP contribution < -0.4 is 5.32 Å². The first-order valence-electron chi connectivity index (χ1n) is 5.49. The van der Waals surface area contributed by atoms with Crippen molar-refractivity contribution >= 4 is 17.7 Å². The molecular formula is C10H15N3O3. The van der Waals surface area contributed by atoms with Gasteiger partial charge in [0.1, 0.15) is 0 Å². The van der Waals surface area contributed by atoms with Crippen LogP contribution in [0.4, 0.5) is 0 Å². The molecule has 3 amide bonds. The molecule has 0 aromatic carbocycles. The summed E-state index contributed by atoms with van der Waals surface area (Å²) in [5, 5.41) is 2.66. The third-order valence-corrected chi connectivity index (χ3v) is 2.89. The number of carbonyl (C=O) groups is 3. The van der Waals surface area contributed by atoms with Crippen LogP contribution in [0.25, 0.3) is 0 Å². The van der Waals surface area contributed by atoms with E-state index in [1.54, 1.807) is 4.90 Å². The summed E-state index contributed by atoms with van der Waals surface area (Å²) in [6.45, 7) is 1.92. The van der Waals surface area contributed by atoms with Crippen molar-refractivity contribution in [2.45, 2.75) is 12.8 Å². The molecule has 1 N–H and O–H groups in total. The van der Waals surface area contributed by atoms with E-state index >= 15 is 0 Å². The fourth-order valence-corrected chi connectivity index (χ4v) is 1.99. The second-order valence-corrected chi connectivity index (χ2v) is 4.08. The molecule has 2 fully saturated rings. The number of nitrogens with one attached hydrogen (secondary N) is 1. The van der Waals surface area contributed by atoms with Gasteiger partial charge in [-0.15, -0.1) is 0 Å². The minimum absolute atomic E-state index is 0.0369. The predicted molar refractivity (Wildman–Crippen MR) is 55.4 cm³/mol. The van der Waals surface area contributed by atoms with Gasteiger partial charge in [-0.2, -0.15) is 0 Å². The van der Waals surface area contributed by atoms with Crippen LogP contribution in [0.15, 0.2) is 0 Å². The molecule has 0 atom stereocenters. The van der Waals surface area contributed by atoms with Crippen LogP contribution in [0.2, 0.25) is 0 Å². The summed E-state index contributed by atoms with van der Waals surface area (Å²) >= 11 is 0. The summed E-state index contributed by atoms with van der Waals surface area (Å²) in [4.78, 5) is 37.3. The minimum Gasteiger partial charge on any atom is -0.353 e. The molecule has 0 radical (unpaired) electrons. The van der Waals surface area contributed by atoms with Crippen LogP contribution in [-0.4, -0.2) is 60.2 Å². The fourth-order valence-electron chi connectivity index (χ4n) is 1.99. The van der Waals surface area contributed by atoms with E-state index < -0.39 is 0 Å². The van der Waals surface area contributed by atoms with E-state index in [1.165, 1.54) is 4.90 Å². The zero-order chi connectivity index (χ0) is 11.5. The van der Waals surface area contributed by atoms with E-state index in [9.17, 15) is 14.4 Å². The molecule has 0 unspecified atom stereocenters. The monoisotopic (exact) mass is 225 g/mol. The second-order valence-electron chi connectivity index (χ2n) is 4.08. The Labute approximate surface area is 93.6 Å². The van der Waals surface area contributed by atoms with Crippen LogP contribution in [0.1, 0.15) is 12.8 Å². The van der Waals surface area contributed by atoms with E-state index in [4.69, 9.17) is 0 Å². The van der Waals surface area contributed by atoms with Crippen molar-refractivity contribution in [1.29, 1.82) is 0 Å². The van der Waals surface area contributed by atoms with Crippen molar-refractivity contribution < 1.29 is 14.4 Å². The molecule has 0 aromatic rings. The van der Waals surface area contributed by atoms with Gasteiger partial charge < -0.3 is 15.1 Å². The van der Waals surface area contributed by atoms with E-state index in [2.05, 4.69) is 5.32 Å². The highest BCUT2D eigenvalue weighted by Crippen LogP contribution is 2.09. The van der Waals surface area contributed by atoms with Crippen LogP contribution in [0.3, 0.4) is 0 Å². The van der Waals surface area contributed by atoms with E-state index in [0.29, 0.717) is 26.1 Å². The molecule has 0 spiro atoms. The molecule has 0 aromatic heterocycles. The number of nitrogens with zero attached hydrogens (tertiary/aromatic N) is 2. The van der Waals surface area contributed by atoms with Gasteiger partial charge in [0.15, 0.2) is 0 Å². The van der Waals surface area contributed by atoms with Gasteiger partial charge in [0, 0.05) is 26.1 Å². The first-order valence-corrected chi connectivity index (χ1v) is 5.49. The maximum absolute atomic E-state index is 11.8. The largest absolute Gasteiger partial charge is 0.353 e. The van der Waals surface area contributed by atoms with Crippen molar-refractivity contribution in [2.24, 2.45) is 0 Å². The number of hydrogen-bond acceptors (Lipinski definition) is 3. The van der Waals surface area contributed by atoms with Crippen LogP contribution in [0.5, 0.6) is 0 Å². The normalized spacial score (nSPS) is 21.2. The number of piperazine rings is 1. The lowest BCUT2D eigenvalue weighted by Gasteiger charge is -2.28. The Morgan fingerprint density at radius 1 is 1.31 bits per heavy atom. The number of amides is 3. The van der Waals surface area contributed by atoms with Gasteiger partial charge in [-0.05, 0) is 6.42 Å². The zero-order valence-electron chi connectivity index (χ0n) is 9.07. The molecule has 6 nitrogen and oxygen atoms in total. The Morgan fingerprint density at radius 3 is 2.75 bits per heavy atom. The lowest BCUT2D eigenvalue weighted by Crippen LogP contribution is -2.52. The molecule has 16 heavy (non-hydrogen) atoms. The van der Waals surface area contributed by atoms with E-state index in [1.807, 2.05) is 0 Å². The van der Waals surface area contributed by atoms with Crippen molar-refractivity contribution in [3.8, 4) is 0 Å². The average molecular weight is 225 g/mol. The first-order chi connectivity index (χ1) is 7.66. The summed E-state index contributed by atoms with van der Waals surface area (Å²) in [5.74, 6) is -0.229. The molecule has 2 aliphatic rings. The third kappa shape index (κ3) is 2.32. The van der Waals surface area contributed by atoms with Crippen LogP contribution in [0, 0.1) is 0 Å². The van der Waals surface area contributed by atoms with Gasteiger partial charge in [-0.1, -0.05) is 0 Å². The number of rotatable bonds is 2. The topological polar surface area (TPSA) is 69.7 Å². The highest BCUT2D eigenvalue weighted by atomic mass is 16.2. The molecule has 0 saturated carbocycles. The zero-order valence-corrected chi connectivity index (χ0v) is 9.07. The Balaban J connectivity index is 1.87. The number of hydrogen-bond donors (Lipinski definition) is 1. The summed E-state index contributed by atoms with van der Waals surface area (Å²) in [7, 11) is 0. The fraction of sp³-hybridized carbons (Fsp3) is 0.700. The van der Waals surface area contributed by atoms with Gasteiger partial charge in [-0.3, -0.25) is 14.4 Å². The summed E-state index contributed by atoms with van der Waals surface area (Å²) in [6, 6.07) is 0. The Hall–Kier alpha value is -1.59. The van der Waals surface area contributed by atoms with Crippen molar-refractivity contribution in [3.63, 3.8) is 0 Å². The van der Waals surface area contributed by atoms with Crippen molar-refractivity contribution in [3.05, 3.63) is 0 Å². The molecular weight excluding hydrogens is 210 g/mol. The molecule has 2 aliphatic heterocycles. The number of likely N-dealkylation sites (tertiary alicyclic amines) is 1. The van der Waals surface area contributed by atoms with E-state index in [0.717, 1.165) is 6.42 Å². The van der Waals surface area contributed by atoms with Crippen molar-refractivity contribution in [2.75, 3.05) is 32.7 Å². The van der Waals surface area contributed by atoms with Gasteiger partial charge in [0.05, 0.1) is 13.1 Å². The lowest BCUT2D eigenvalue weighted by molar-refractivity contribution is -0.141. The summed E-state index contributed by atoms with van der Waals surface area (Å²) in [5.41, 5.74) is 0. The Morgan fingerprint density at radius 2 is 2.12 bits per heavy atom. The van der Waals surface area contributed by atoms with Gasteiger partial charge in [-0.25, -0.2) is 0 Å². The second kappa shape index (κ2) is 4.51. The maximum Gasteiger partial charge on any atom is 0.242 e. The van der Waals surface area contributed by atoms with Crippen LogP contribution >= 0.6 is 0 Å². The third-order valence-electron chi connectivity index (χ3n) is 2.89. The van der Waals surface area contributed by atoms with Gasteiger partial charge >= 0.3 is 0 Å². The lowest BCUT2D eigenvalue weighted by atomic mass is 10.3. The molecule has 88 valence electrons. The maximum atomic E-state index is 11.8. The molecule has 0 bridgehead atoms. The average Bonchev–Trinajstić information content (AvgIpc) is 2.64. The SMILES string of the molecule is O=C1CN(C(=O)CN2CCCC2=O)CCN1. The quantitative estimate of drug-likeness (QED) is 0.626. The predicted octanol–water partition coefficient (Wildman–Crippen LogP) is -1.43. The van der Waals surface area contributed by atoms with Crippen LogP contribution in [-0.2, 0) is 14.4 Å². The minimum atomic E-state index is -0.134. The Bertz CT molecular complexity index is 329.